The molecule has 0 saturated heterocycles. The molecule has 1 rings (SSSR count). The van der Waals surface area contributed by atoms with Gasteiger partial charge in [-0.15, -0.1) is 11.6 Å². The van der Waals surface area contributed by atoms with E-state index in [1.165, 1.54) is 0 Å². The van der Waals surface area contributed by atoms with Crippen molar-refractivity contribution in [2.45, 2.75) is 25.6 Å². The van der Waals surface area contributed by atoms with Gasteiger partial charge < -0.3 is 0 Å². The van der Waals surface area contributed by atoms with Crippen LogP contribution in [0.4, 0.5) is 0 Å². The van der Waals surface area contributed by atoms with Crippen LogP contribution >= 0.6 is 27.5 Å². The molecular weight excluding hydrogens is 199 g/mol. The Kier molecular flexibility index (Phi) is 1.93. The first-order valence-corrected chi connectivity index (χ1v) is 4.26. The van der Waals surface area contributed by atoms with E-state index in [1.807, 2.05) is 0 Å². The SMILES string of the molecule is CC1(C)C=C(Br)C(Cl)C1. The first kappa shape index (κ1) is 7.62. The standard InChI is InChI=1S/C7H10BrCl/c1-7(2)3-5(8)6(9)4-7/h3,6H,4H2,1-2H3. The molecule has 0 spiro atoms. The van der Waals surface area contributed by atoms with E-state index in [9.17, 15) is 0 Å². The first-order chi connectivity index (χ1) is 4.01. The summed E-state index contributed by atoms with van der Waals surface area (Å²) in [6.45, 7) is 4.38. The van der Waals surface area contributed by atoms with Gasteiger partial charge in [0.25, 0.3) is 0 Å². The van der Waals surface area contributed by atoms with Gasteiger partial charge in [0.15, 0.2) is 0 Å². The molecule has 0 nitrogen and oxygen atoms in total. The summed E-state index contributed by atoms with van der Waals surface area (Å²) >= 11 is 9.34. The van der Waals surface area contributed by atoms with Crippen LogP contribution in [0.5, 0.6) is 0 Å². The Morgan fingerprint density at radius 2 is 2.33 bits per heavy atom. The molecule has 1 unspecified atom stereocenters. The zero-order chi connectivity index (χ0) is 7.07. The second-order valence-corrected chi connectivity index (χ2v) is 4.63. The van der Waals surface area contributed by atoms with Crippen molar-refractivity contribution in [2.24, 2.45) is 5.41 Å². The van der Waals surface area contributed by atoms with E-state index >= 15 is 0 Å². The van der Waals surface area contributed by atoms with E-state index < -0.39 is 0 Å². The molecule has 0 N–H and O–H groups in total. The molecule has 2 heteroatoms. The van der Waals surface area contributed by atoms with Crippen LogP contribution in [0, 0.1) is 5.41 Å². The number of allylic oxidation sites excluding steroid dienone is 2. The maximum Gasteiger partial charge on any atom is 0.0655 e. The molecule has 9 heavy (non-hydrogen) atoms. The molecule has 0 bridgehead atoms. The fourth-order valence-corrected chi connectivity index (χ4v) is 2.32. The lowest BCUT2D eigenvalue weighted by Crippen LogP contribution is -2.05. The molecule has 0 aromatic carbocycles. The lowest BCUT2D eigenvalue weighted by Gasteiger charge is -2.13. The van der Waals surface area contributed by atoms with E-state index in [4.69, 9.17) is 11.6 Å². The summed E-state index contributed by atoms with van der Waals surface area (Å²) in [7, 11) is 0. The summed E-state index contributed by atoms with van der Waals surface area (Å²) in [6.07, 6.45) is 3.24. The van der Waals surface area contributed by atoms with Gasteiger partial charge in [-0.25, -0.2) is 0 Å². The van der Waals surface area contributed by atoms with Crippen LogP contribution in [0.2, 0.25) is 0 Å². The molecule has 1 aliphatic rings. The van der Waals surface area contributed by atoms with Crippen molar-refractivity contribution in [1.29, 1.82) is 0 Å². The quantitative estimate of drug-likeness (QED) is 0.537. The van der Waals surface area contributed by atoms with Gasteiger partial charge in [0.1, 0.15) is 0 Å². The largest absolute Gasteiger partial charge is 0.117 e. The molecule has 0 heterocycles. The average Bonchev–Trinajstić information content (AvgIpc) is 1.79. The Balaban J connectivity index is 2.74. The maximum absolute atomic E-state index is 5.93. The third-order valence-electron chi connectivity index (χ3n) is 1.53. The van der Waals surface area contributed by atoms with Crippen LogP contribution in [0.25, 0.3) is 0 Å². The fourth-order valence-electron chi connectivity index (χ4n) is 1.08. The highest BCUT2D eigenvalue weighted by Gasteiger charge is 2.28. The van der Waals surface area contributed by atoms with Crippen LogP contribution in [-0.4, -0.2) is 5.38 Å². The number of hydrogen-bond acceptors (Lipinski definition) is 0. The van der Waals surface area contributed by atoms with Crippen molar-refractivity contribution < 1.29 is 0 Å². The summed E-state index contributed by atoms with van der Waals surface area (Å²) in [5.41, 5.74) is 0.297. The summed E-state index contributed by atoms with van der Waals surface area (Å²) < 4.78 is 1.15. The zero-order valence-electron chi connectivity index (χ0n) is 5.62. The summed E-state index contributed by atoms with van der Waals surface area (Å²) in [6, 6.07) is 0. The van der Waals surface area contributed by atoms with Crippen molar-refractivity contribution in [3.63, 3.8) is 0 Å². The number of halogens is 2. The van der Waals surface area contributed by atoms with Gasteiger partial charge in [-0.1, -0.05) is 35.9 Å². The van der Waals surface area contributed by atoms with Crippen LogP contribution in [0.15, 0.2) is 10.6 Å². The summed E-state index contributed by atoms with van der Waals surface area (Å²) in [5.74, 6) is 0. The van der Waals surface area contributed by atoms with Crippen LogP contribution in [0.1, 0.15) is 20.3 Å². The van der Waals surface area contributed by atoms with Gasteiger partial charge >= 0.3 is 0 Å². The summed E-state index contributed by atoms with van der Waals surface area (Å²) in [4.78, 5) is 0. The number of alkyl halides is 1. The highest BCUT2D eigenvalue weighted by molar-refractivity contribution is 9.11. The van der Waals surface area contributed by atoms with Gasteiger partial charge in [-0.05, 0) is 11.8 Å². The molecule has 0 aromatic heterocycles. The molecule has 0 fully saturated rings. The lowest BCUT2D eigenvalue weighted by molar-refractivity contribution is 0.473. The predicted molar refractivity (Wildman–Crippen MR) is 45.0 cm³/mol. The molecule has 1 atom stereocenters. The Hall–Kier alpha value is 0.510. The monoisotopic (exact) mass is 208 g/mol. The van der Waals surface area contributed by atoms with Gasteiger partial charge in [0.05, 0.1) is 5.38 Å². The van der Waals surface area contributed by atoms with E-state index in [2.05, 4.69) is 35.9 Å². The van der Waals surface area contributed by atoms with Crippen molar-refractivity contribution >= 4 is 27.5 Å². The topological polar surface area (TPSA) is 0 Å². The third kappa shape index (κ3) is 1.71. The van der Waals surface area contributed by atoms with Crippen molar-refractivity contribution in [2.75, 3.05) is 0 Å². The fraction of sp³-hybridized carbons (Fsp3) is 0.714. The van der Waals surface area contributed by atoms with Gasteiger partial charge in [0, 0.05) is 4.48 Å². The van der Waals surface area contributed by atoms with Gasteiger partial charge in [0.2, 0.25) is 0 Å². The molecular formula is C7H10BrCl. The second-order valence-electron chi connectivity index (χ2n) is 3.19. The predicted octanol–water partition coefficient (Wildman–Crippen LogP) is 3.30. The minimum absolute atomic E-state index is 0.208. The van der Waals surface area contributed by atoms with Crippen LogP contribution in [0.3, 0.4) is 0 Å². The Morgan fingerprint density at radius 3 is 2.44 bits per heavy atom. The Bertz CT molecular complexity index is 149. The molecule has 52 valence electrons. The van der Waals surface area contributed by atoms with Crippen LogP contribution in [-0.2, 0) is 0 Å². The minimum atomic E-state index is 0.208. The molecule has 0 saturated carbocycles. The number of rotatable bonds is 0. The Morgan fingerprint density at radius 1 is 1.78 bits per heavy atom. The normalized spacial score (nSPS) is 32.4. The Labute approximate surface area is 69.4 Å². The van der Waals surface area contributed by atoms with E-state index in [0.29, 0.717) is 5.41 Å². The molecule has 1 aliphatic carbocycles. The minimum Gasteiger partial charge on any atom is -0.117 e. The average molecular weight is 210 g/mol. The molecule has 0 aromatic rings. The molecule has 0 amide bonds. The highest BCUT2D eigenvalue weighted by Crippen LogP contribution is 2.40. The maximum atomic E-state index is 5.93. The van der Waals surface area contributed by atoms with Crippen molar-refractivity contribution in [1.82, 2.24) is 0 Å². The van der Waals surface area contributed by atoms with Gasteiger partial charge in [-0.3, -0.25) is 0 Å². The summed E-state index contributed by atoms with van der Waals surface area (Å²) in [5, 5.41) is 0.208. The van der Waals surface area contributed by atoms with Crippen LogP contribution < -0.4 is 0 Å². The third-order valence-corrected chi connectivity index (χ3v) is 2.97. The van der Waals surface area contributed by atoms with E-state index in [1.54, 1.807) is 0 Å². The number of hydrogen-bond donors (Lipinski definition) is 0. The van der Waals surface area contributed by atoms with Crippen molar-refractivity contribution in [3.05, 3.63) is 10.6 Å². The van der Waals surface area contributed by atoms with Crippen molar-refractivity contribution in [3.8, 4) is 0 Å². The first-order valence-electron chi connectivity index (χ1n) is 3.04. The smallest absolute Gasteiger partial charge is 0.0655 e. The molecule has 0 radical (unpaired) electrons. The second kappa shape index (κ2) is 2.28. The zero-order valence-corrected chi connectivity index (χ0v) is 7.96. The highest BCUT2D eigenvalue weighted by atomic mass is 79.9. The van der Waals surface area contributed by atoms with Gasteiger partial charge in [-0.2, -0.15) is 0 Å². The lowest BCUT2D eigenvalue weighted by atomic mass is 9.94. The molecule has 0 aliphatic heterocycles. The van der Waals surface area contributed by atoms with E-state index in [-0.39, 0.29) is 5.38 Å². The van der Waals surface area contributed by atoms with E-state index in [0.717, 1.165) is 10.9 Å².